The van der Waals surface area contributed by atoms with Crippen LogP contribution in [-0.4, -0.2) is 35.6 Å². The molecule has 0 atom stereocenters. The van der Waals surface area contributed by atoms with Crippen molar-refractivity contribution in [2.45, 2.75) is 71.2 Å². The molecule has 0 bridgehead atoms. The van der Waals surface area contributed by atoms with Gasteiger partial charge in [-0.1, -0.05) is 13.8 Å². The van der Waals surface area contributed by atoms with Gasteiger partial charge >= 0.3 is 7.12 Å². The van der Waals surface area contributed by atoms with Crippen LogP contribution in [0.1, 0.15) is 54.4 Å². The standard InChI is InChI=1S/C18H28BFO4/c1-7-18(21,8-2)12-22-13-9-10-15(20)14(11-13)19-23-16(3,4)17(5,6)24-19/h9-11,21H,7-8,12H2,1-6H3. The smallest absolute Gasteiger partial charge is 0.491 e. The van der Waals surface area contributed by atoms with Gasteiger partial charge in [0.15, 0.2) is 0 Å². The zero-order valence-corrected chi connectivity index (χ0v) is 15.5. The van der Waals surface area contributed by atoms with Crippen LogP contribution in [0.25, 0.3) is 0 Å². The van der Waals surface area contributed by atoms with Gasteiger partial charge in [-0.25, -0.2) is 4.39 Å². The molecule has 1 aliphatic rings. The van der Waals surface area contributed by atoms with Crippen molar-refractivity contribution < 1.29 is 23.5 Å². The highest BCUT2D eigenvalue weighted by Crippen LogP contribution is 2.36. The molecule has 6 heteroatoms. The zero-order chi connectivity index (χ0) is 18.2. The lowest BCUT2D eigenvalue weighted by Gasteiger charge is -2.32. The van der Waals surface area contributed by atoms with E-state index in [0.717, 1.165) is 0 Å². The lowest BCUT2D eigenvalue weighted by molar-refractivity contribution is -0.0113. The minimum Gasteiger partial charge on any atom is -0.491 e. The van der Waals surface area contributed by atoms with Crippen molar-refractivity contribution in [3.63, 3.8) is 0 Å². The third kappa shape index (κ3) is 3.76. The van der Waals surface area contributed by atoms with Crippen LogP contribution in [0.3, 0.4) is 0 Å². The summed E-state index contributed by atoms with van der Waals surface area (Å²) in [7, 11) is -0.783. The van der Waals surface area contributed by atoms with Gasteiger partial charge in [-0.2, -0.15) is 0 Å². The number of benzene rings is 1. The molecule has 1 aromatic carbocycles. The second-order valence-electron chi connectivity index (χ2n) is 7.49. The molecule has 0 aromatic heterocycles. The summed E-state index contributed by atoms with van der Waals surface area (Å²) in [6.45, 7) is 11.7. The molecule has 0 saturated carbocycles. The third-order valence-electron chi connectivity index (χ3n) is 5.30. The second-order valence-corrected chi connectivity index (χ2v) is 7.49. The third-order valence-corrected chi connectivity index (χ3v) is 5.30. The maximum absolute atomic E-state index is 14.3. The first-order valence-electron chi connectivity index (χ1n) is 8.54. The quantitative estimate of drug-likeness (QED) is 0.810. The Hall–Kier alpha value is -1.11. The van der Waals surface area contributed by atoms with Gasteiger partial charge in [0, 0.05) is 5.46 Å². The number of hydrogen-bond acceptors (Lipinski definition) is 4. The van der Waals surface area contributed by atoms with Gasteiger partial charge in [0.1, 0.15) is 18.2 Å². The largest absolute Gasteiger partial charge is 0.497 e. The normalized spacial score (nSPS) is 19.6. The molecule has 1 fully saturated rings. The first kappa shape index (κ1) is 19.2. The Morgan fingerprint density at radius 1 is 1.12 bits per heavy atom. The summed E-state index contributed by atoms with van der Waals surface area (Å²) in [5.41, 5.74) is -1.64. The SMILES string of the molecule is CCC(O)(CC)COc1ccc(F)c(B2OC(C)(C)C(C)(C)O2)c1. The number of hydrogen-bond donors (Lipinski definition) is 1. The summed E-state index contributed by atoms with van der Waals surface area (Å²) in [4.78, 5) is 0. The van der Waals surface area contributed by atoms with Crippen molar-refractivity contribution in [2.24, 2.45) is 0 Å². The van der Waals surface area contributed by atoms with Gasteiger partial charge in [0.05, 0.1) is 16.8 Å². The van der Waals surface area contributed by atoms with E-state index in [9.17, 15) is 9.50 Å². The molecule has 134 valence electrons. The first-order valence-corrected chi connectivity index (χ1v) is 8.54. The molecular weight excluding hydrogens is 310 g/mol. The van der Waals surface area contributed by atoms with Crippen molar-refractivity contribution in [1.82, 2.24) is 0 Å². The molecule has 0 radical (unpaired) electrons. The van der Waals surface area contributed by atoms with Gasteiger partial charge in [-0.05, 0) is 58.7 Å². The van der Waals surface area contributed by atoms with Gasteiger partial charge in [0.2, 0.25) is 0 Å². The topological polar surface area (TPSA) is 47.9 Å². The van der Waals surface area contributed by atoms with Crippen molar-refractivity contribution in [1.29, 1.82) is 0 Å². The fourth-order valence-electron chi connectivity index (χ4n) is 2.43. The molecule has 1 aliphatic heterocycles. The summed E-state index contributed by atoms with van der Waals surface area (Å²) in [6.07, 6.45) is 1.18. The number of ether oxygens (including phenoxy) is 1. The molecule has 1 saturated heterocycles. The highest BCUT2D eigenvalue weighted by Gasteiger charge is 2.52. The van der Waals surface area contributed by atoms with E-state index in [1.165, 1.54) is 6.07 Å². The summed E-state index contributed by atoms with van der Waals surface area (Å²) >= 11 is 0. The molecular formula is C18H28BFO4. The Balaban J connectivity index is 2.18. The van der Waals surface area contributed by atoms with E-state index in [-0.39, 0.29) is 6.61 Å². The minimum absolute atomic E-state index is 0.161. The number of aliphatic hydroxyl groups is 1. The first-order chi connectivity index (χ1) is 11.0. The summed E-state index contributed by atoms with van der Waals surface area (Å²) in [5.74, 6) is 0.0866. The highest BCUT2D eigenvalue weighted by molar-refractivity contribution is 6.62. The van der Waals surface area contributed by atoms with Gasteiger partial charge in [0.25, 0.3) is 0 Å². The van der Waals surface area contributed by atoms with Crippen LogP contribution in [0.5, 0.6) is 5.75 Å². The van der Waals surface area contributed by atoms with Crippen molar-refractivity contribution in [3.8, 4) is 5.75 Å². The van der Waals surface area contributed by atoms with E-state index in [1.54, 1.807) is 12.1 Å². The minimum atomic E-state index is -0.876. The van der Waals surface area contributed by atoms with Crippen LogP contribution in [-0.2, 0) is 9.31 Å². The van der Waals surface area contributed by atoms with Gasteiger partial charge < -0.3 is 19.2 Å². The lowest BCUT2D eigenvalue weighted by atomic mass is 9.78. The second kappa shape index (κ2) is 6.66. The molecule has 1 aromatic rings. The Labute approximate surface area is 144 Å². The van der Waals surface area contributed by atoms with Crippen LogP contribution in [0.15, 0.2) is 18.2 Å². The summed E-state index contributed by atoms with van der Waals surface area (Å²) < 4.78 is 31.8. The van der Waals surface area contributed by atoms with E-state index in [0.29, 0.717) is 24.1 Å². The Morgan fingerprint density at radius 2 is 1.67 bits per heavy atom. The Bertz CT molecular complexity index is 568. The monoisotopic (exact) mass is 338 g/mol. The summed E-state index contributed by atoms with van der Waals surface area (Å²) in [6, 6.07) is 4.48. The molecule has 1 N–H and O–H groups in total. The van der Waals surface area contributed by atoms with E-state index >= 15 is 0 Å². The summed E-state index contributed by atoms with van der Waals surface area (Å²) in [5, 5.41) is 10.3. The van der Waals surface area contributed by atoms with E-state index < -0.39 is 29.7 Å². The molecule has 0 spiro atoms. The number of halogens is 1. The van der Waals surface area contributed by atoms with E-state index in [1.807, 2.05) is 41.5 Å². The van der Waals surface area contributed by atoms with Crippen molar-refractivity contribution in [2.75, 3.05) is 6.61 Å². The maximum atomic E-state index is 14.3. The van der Waals surface area contributed by atoms with Crippen molar-refractivity contribution in [3.05, 3.63) is 24.0 Å². The lowest BCUT2D eigenvalue weighted by Crippen LogP contribution is -2.41. The molecule has 1 heterocycles. The van der Waals surface area contributed by atoms with Crippen LogP contribution < -0.4 is 10.2 Å². The Morgan fingerprint density at radius 3 is 2.17 bits per heavy atom. The Kier molecular flexibility index (Phi) is 5.33. The van der Waals surface area contributed by atoms with Gasteiger partial charge in [-0.3, -0.25) is 0 Å². The average Bonchev–Trinajstić information content (AvgIpc) is 2.74. The number of rotatable bonds is 6. The molecule has 0 unspecified atom stereocenters. The predicted molar refractivity (Wildman–Crippen MR) is 93.1 cm³/mol. The van der Waals surface area contributed by atoms with Crippen LogP contribution in [0.2, 0.25) is 0 Å². The molecule has 24 heavy (non-hydrogen) atoms. The van der Waals surface area contributed by atoms with Crippen LogP contribution in [0.4, 0.5) is 4.39 Å². The van der Waals surface area contributed by atoms with Crippen molar-refractivity contribution >= 4 is 12.6 Å². The fourth-order valence-corrected chi connectivity index (χ4v) is 2.43. The van der Waals surface area contributed by atoms with E-state index in [2.05, 4.69) is 0 Å². The molecule has 0 amide bonds. The van der Waals surface area contributed by atoms with Gasteiger partial charge in [-0.15, -0.1) is 0 Å². The average molecular weight is 338 g/mol. The molecule has 0 aliphatic carbocycles. The predicted octanol–water partition coefficient (Wildman–Crippen LogP) is 3.05. The fraction of sp³-hybridized carbons (Fsp3) is 0.667. The van der Waals surface area contributed by atoms with E-state index in [4.69, 9.17) is 14.0 Å². The maximum Gasteiger partial charge on any atom is 0.497 e. The highest BCUT2D eigenvalue weighted by atomic mass is 19.1. The molecule has 4 nitrogen and oxygen atoms in total. The molecule has 2 rings (SSSR count). The van der Waals surface area contributed by atoms with Crippen LogP contribution in [0, 0.1) is 5.82 Å². The van der Waals surface area contributed by atoms with Crippen LogP contribution >= 0.6 is 0 Å². The zero-order valence-electron chi connectivity index (χ0n) is 15.5.